The summed E-state index contributed by atoms with van der Waals surface area (Å²) in [5, 5.41) is 1.21. The van der Waals surface area contributed by atoms with Gasteiger partial charge in [0, 0.05) is 30.8 Å². The summed E-state index contributed by atoms with van der Waals surface area (Å²) in [5.41, 5.74) is 1.32. The zero-order valence-corrected chi connectivity index (χ0v) is 12.1. The number of fused-ring (bicyclic) bond motifs is 1. The van der Waals surface area contributed by atoms with Crippen LogP contribution in [0.25, 0.3) is 0 Å². The summed E-state index contributed by atoms with van der Waals surface area (Å²) in [6.45, 7) is 1.71. The first-order valence-corrected chi connectivity index (χ1v) is 8.07. The van der Waals surface area contributed by atoms with Crippen LogP contribution in [0, 0.1) is 5.92 Å². The molecule has 1 aromatic heterocycles. The summed E-state index contributed by atoms with van der Waals surface area (Å²) in [5.74, 6) is 1.55. The first-order chi connectivity index (χ1) is 8.76. The van der Waals surface area contributed by atoms with E-state index in [1.54, 1.807) is 0 Å². The highest BCUT2D eigenvalue weighted by molar-refractivity contribution is 7.80. The average molecular weight is 282 g/mol. The Kier molecular flexibility index (Phi) is 3.61. The fraction of sp³-hybridized carbons (Fsp3) is 0.692. The summed E-state index contributed by atoms with van der Waals surface area (Å²) in [6, 6.07) is 0. The predicted octanol–water partition coefficient (Wildman–Crippen LogP) is 1.95. The molecule has 98 valence electrons. The Bertz CT molecular complexity index is 436. The largest absolute Gasteiger partial charge is 0.342 e. The zero-order valence-electron chi connectivity index (χ0n) is 10.4. The Balaban J connectivity index is 1.56. The van der Waals surface area contributed by atoms with Crippen LogP contribution in [0.3, 0.4) is 0 Å². The van der Waals surface area contributed by atoms with Gasteiger partial charge >= 0.3 is 0 Å². The second kappa shape index (κ2) is 5.21. The second-order valence-corrected chi connectivity index (χ2v) is 6.71. The van der Waals surface area contributed by atoms with Crippen LogP contribution in [0.15, 0.2) is 0 Å². The number of thiazole rings is 1. The van der Waals surface area contributed by atoms with Gasteiger partial charge in [-0.15, -0.1) is 11.3 Å². The van der Waals surface area contributed by atoms with Crippen LogP contribution in [0.4, 0.5) is 0 Å². The normalized spacial score (nSPS) is 22.8. The van der Waals surface area contributed by atoms with Crippen molar-refractivity contribution in [3.63, 3.8) is 0 Å². The summed E-state index contributed by atoms with van der Waals surface area (Å²) in [4.78, 5) is 19.9. The number of thiol groups is 1. The maximum atomic E-state index is 11.8. The fourth-order valence-electron chi connectivity index (χ4n) is 2.77. The number of rotatable bonds is 4. The molecule has 1 aliphatic carbocycles. The summed E-state index contributed by atoms with van der Waals surface area (Å²) in [6.07, 6.45) is 5.22. The Morgan fingerprint density at radius 2 is 2.33 bits per heavy atom. The minimum atomic E-state index is 0.290. The van der Waals surface area contributed by atoms with Crippen molar-refractivity contribution < 1.29 is 4.79 Å². The van der Waals surface area contributed by atoms with E-state index in [1.807, 2.05) is 16.2 Å². The van der Waals surface area contributed by atoms with Gasteiger partial charge in [-0.25, -0.2) is 4.98 Å². The molecule has 0 saturated carbocycles. The quantitative estimate of drug-likeness (QED) is 0.856. The zero-order chi connectivity index (χ0) is 12.5. The van der Waals surface area contributed by atoms with E-state index < -0.39 is 0 Å². The maximum Gasteiger partial charge on any atom is 0.222 e. The molecule has 1 fully saturated rings. The molecule has 3 rings (SSSR count). The summed E-state index contributed by atoms with van der Waals surface area (Å²) >= 11 is 6.13. The van der Waals surface area contributed by atoms with Crippen molar-refractivity contribution in [2.45, 2.75) is 32.1 Å². The average Bonchev–Trinajstić information content (AvgIpc) is 3.00. The monoisotopic (exact) mass is 282 g/mol. The number of hydrogen-bond donors (Lipinski definition) is 1. The van der Waals surface area contributed by atoms with Crippen LogP contribution in [0.2, 0.25) is 0 Å². The molecule has 0 aromatic carbocycles. The lowest BCUT2D eigenvalue weighted by Crippen LogP contribution is -2.27. The molecule has 0 bridgehead atoms. The highest BCUT2D eigenvalue weighted by Crippen LogP contribution is 2.28. The number of hydrogen-bond acceptors (Lipinski definition) is 4. The molecule has 1 unspecified atom stereocenters. The highest BCUT2D eigenvalue weighted by atomic mass is 32.1. The van der Waals surface area contributed by atoms with Crippen molar-refractivity contribution in [2.24, 2.45) is 5.92 Å². The predicted molar refractivity (Wildman–Crippen MR) is 76.4 cm³/mol. The first-order valence-electron chi connectivity index (χ1n) is 6.62. The number of amides is 1. The lowest BCUT2D eigenvalue weighted by atomic mass is 10.1. The fourth-order valence-corrected chi connectivity index (χ4v) is 4.16. The standard InChI is InChI=1S/C13H18N2OS2/c16-13-6-9(8-17)7-15(13)5-4-12-14-10-2-1-3-11(10)18-12/h9,17H,1-8H2. The van der Waals surface area contributed by atoms with Crippen molar-refractivity contribution in [1.82, 2.24) is 9.88 Å². The third-order valence-corrected chi connectivity index (χ3v) is 5.52. The first kappa shape index (κ1) is 12.5. The number of nitrogens with zero attached hydrogens (tertiary/aromatic N) is 2. The molecule has 0 N–H and O–H groups in total. The molecule has 1 aliphatic heterocycles. The number of aromatic nitrogens is 1. The third-order valence-electron chi connectivity index (χ3n) is 3.79. The minimum absolute atomic E-state index is 0.290. The van der Waals surface area contributed by atoms with Gasteiger partial charge in [0.05, 0.1) is 10.7 Å². The molecule has 2 aliphatic rings. The van der Waals surface area contributed by atoms with Gasteiger partial charge in [-0.05, 0) is 30.9 Å². The van der Waals surface area contributed by atoms with Gasteiger partial charge in [0.15, 0.2) is 0 Å². The molecule has 0 spiro atoms. The Morgan fingerprint density at radius 3 is 3.06 bits per heavy atom. The van der Waals surface area contributed by atoms with E-state index in [9.17, 15) is 4.79 Å². The molecule has 5 heteroatoms. The molecule has 0 radical (unpaired) electrons. The van der Waals surface area contributed by atoms with Crippen molar-refractivity contribution in [3.8, 4) is 0 Å². The molecular formula is C13H18N2OS2. The van der Waals surface area contributed by atoms with E-state index in [1.165, 1.54) is 28.4 Å². The minimum Gasteiger partial charge on any atom is -0.342 e. The van der Waals surface area contributed by atoms with Crippen LogP contribution >= 0.6 is 24.0 Å². The van der Waals surface area contributed by atoms with Crippen LogP contribution in [0.1, 0.15) is 28.4 Å². The van der Waals surface area contributed by atoms with Crippen molar-refractivity contribution in [3.05, 3.63) is 15.6 Å². The van der Waals surface area contributed by atoms with Gasteiger partial charge in [0.1, 0.15) is 0 Å². The van der Waals surface area contributed by atoms with Crippen molar-refractivity contribution in [2.75, 3.05) is 18.8 Å². The molecular weight excluding hydrogens is 264 g/mol. The molecule has 1 atom stereocenters. The number of likely N-dealkylation sites (tertiary alicyclic amines) is 1. The van der Waals surface area contributed by atoms with Gasteiger partial charge < -0.3 is 4.90 Å². The van der Waals surface area contributed by atoms with E-state index in [0.29, 0.717) is 12.3 Å². The van der Waals surface area contributed by atoms with Crippen LogP contribution in [-0.2, 0) is 24.1 Å². The number of aryl methyl sites for hydroxylation is 2. The Labute approximate surface area is 117 Å². The summed E-state index contributed by atoms with van der Waals surface area (Å²) < 4.78 is 0. The summed E-state index contributed by atoms with van der Waals surface area (Å²) in [7, 11) is 0. The van der Waals surface area contributed by atoms with Gasteiger partial charge in [-0.3, -0.25) is 4.79 Å². The van der Waals surface area contributed by atoms with E-state index >= 15 is 0 Å². The van der Waals surface area contributed by atoms with E-state index in [4.69, 9.17) is 0 Å². The molecule has 2 heterocycles. The van der Waals surface area contributed by atoms with Crippen LogP contribution < -0.4 is 0 Å². The smallest absolute Gasteiger partial charge is 0.222 e. The Hall–Kier alpha value is -0.550. The molecule has 3 nitrogen and oxygen atoms in total. The Morgan fingerprint density at radius 1 is 1.44 bits per heavy atom. The van der Waals surface area contributed by atoms with Crippen molar-refractivity contribution in [1.29, 1.82) is 0 Å². The molecule has 1 aromatic rings. The molecule has 1 amide bonds. The molecule has 18 heavy (non-hydrogen) atoms. The number of carbonyl (C=O) groups is 1. The van der Waals surface area contributed by atoms with E-state index in [0.717, 1.165) is 31.7 Å². The van der Waals surface area contributed by atoms with Gasteiger partial charge in [-0.1, -0.05) is 0 Å². The highest BCUT2D eigenvalue weighted by Gasteiger charge is 2.28. The number of carbonyl (C=O) groups excluding carboxylic acids is 1. The van der Waals surface area contributed by atoms with Crippen molar-refractivity contribution >= 4 is 29.9 Å². The van der Waals surface area contributed by atoms with Gasteiger partial charge in [0.2, 0.25) is 5.91 Å². The lowest BCUT2D eigenvalue weighted by molar-refractivity contribution is -0.127. The third kappa shape index (κ3) is 2.43. The van der Waals surface area contributed by atoms with Crippen LogP contribution in [0.5, 0.6) is 0 Å². The molecule has 1 saturated heterocycles. The SMILES string of the molecule is O=C1CC(CS)CN1CCc1nc2c(s1)CCC2. The lowest BCUT2D eigenvalue weighted by Gasteiger charge is -2.15. The van der Waals surface area contributed by atoms with Gasteiger partial charge in [-0.2, -0.15) is 12.6 Å². The van der Waals surface area contributed by atoms with Gasteiger partial charge in [0.25, 0.3) is 0 Å². The topological polar surface area (TPSA) is 33.2 Å². The van der Waals surface area contributed by atoms with E-state index in [-0.39, 0.29) is 5.91 Å². The van der Waals surface area contributed by atoms with E-state index in [2.05, 4.69) is 17.6 Å². The maximum absolute atomic E-state index is 11.8. The van der Waals surface area contributed by atoms with Crippen LogP contribution in [-0.4, -0.2) is 34.6 Å². The second-order valence-electron chi connectivity index (χ2n) is 5.17.